The van der Waals surface area contributed by atoms with E-state index in [1.54, 1.807) is 6.08 Å². The Kier molecular flexibility index (Phi) is 52.3. The van der Waals surface area contributed by atoms with E-state index in [0.29, 0.717) is 12.8 Å². The van der Waals surface area contributed by atoms with E-state index in [9.17, 15) is 61.0 Å². The van der Waals surface area contributed by atoms with Gasteiger partial charge in [-0.3, -0.25) is 4.79 Å². The van der Waals surface area contributed by atoms with Crippen molar-refractivity contribution in [3.05, 3.63) is 85.1 Å². The fraction of sp³-hybridized carbons (Fsp3) is 0.805. The van der Waals surface area contributed by atoms with Crippen molar-refractivity contribution >= 4 is 5.91 Å². The summed E-state index contributed by atoms with van der Waals surface area (Å²) >= 11 is 0. The fourth-order valence-electron chi connectivity index (χ4n) is 12.4. The average Bonchev–Trinajstić information content (AvgIpc) is 0.798. The molecule has 3 rings (SSSR count). The maximum atomic E-state index is 13.4. The molecule has 0 aromatic carbocycles. The molecular weight excluding hydrogens is 1230 g/mol. The molecule has 3 aliphatic heterocycles. The number of aliphatic hydroxyl groups is 11. The van der Waals surface area contributed by atoms with Crippen molar-refractivity contribution in [2.24, 2.45) is 0 Å². The van der Waals surface area contributed by atoms with Gasteiger partial charge in [0.15, 0.2) is 18.9 Å². The Hall–Kier alpha value is -3.03. The van der Waals surface area contributed by atoms with Crippen LogP contribution in [0.4, 0.5) is 0 Å². The average molecular weight is 1360 g/mol. The summed E-state index contributed by atoms with van der Waals surface area (Å²) in [4.78, 5) is 13.4. The van der Waals surface area contributed by atoms with E-state index in [4.69, 9.17) is 28.4 Å². The summed E-state index contributed by atoms with van der Waals surface area (Å²) in [5.74, 6) is -0.285. The quantitative estimate of drug-likeness (QED) is 0.0199. The van der Waals surface area contributed by atoms with E-state index >= 15 is 0 Å². The molecule has 3 aliphatic rings. The number of hydrogen-bond acceptors (Lipinski definition) is 18. The Bertz CT molecular complexity index is 2070. The summed E-state index contributed by atoms with van der Waals surface area (Å²) < 4.78 is 34.4. The number of rotatable bonds is 58. The largest absolute Gasteiger partial charge is 0.394 e. The zero-order chi connectivity index (χ0) is 69.6. The lowest BCUT2D eigenvalue weighted by Gasteiger charge is -2.48. The summed E-state index contributed by atoms with van der Waals surface area (Å²) in [6, 6.07) is -0.992. The molecule has 19 heteroatoms. The van der Waals surface area contributed by atoms with Crippen LogP contribution in [-0.4, -0.2) is 193 Å². The number of ether oxygens (including phenoxy) is 6. The highest BCUT2D eigenvalue weighted by Gasteiger charge is 2.53. The third kappa shape index (κ3) is 38.1. The van der Waals surface area contributed by atoms with Crippen LogP contribution in [0, 0.1) is 0 Å². The Labute approximate surface area is 578 Å². The van der Waals surface area contributed by atoms with Crippen LogP contribution in [0.2, 0.25) is 0 Å². The van der Waals surface area contributed by atoms with E-state index in [-0.39, 0.29) is 18.9 Å². The molecule has 1 amide bonds. The SMILES string of the molecule is CC/C=C\C/C=C\C/C=C\C/C=C\C/C=C\CCCCCCCCCCCCCCCCCCCCCC(=O)NC(COC1OC(CO)C(OC2OC(CO)C(OC3OC(CO)C(O)C(O)C3O)C(O)C2O)C(O)C1O)C(O)/C=C/CC/C=C/CCCCCCCCCCCC. The molecule has 0 aliphatic carbocycles. The molecule has 0 spiro atoms. The number of carbonyl (C=O) groups excluding carboxylic acids is 1. The number of carbonyl (C=O) groups is 1. The van der Waals surface area contributed by atoms with Gasteiger partial charge in [-0.1, -0.05) is 266 Å². The predicted octanol–water partition coefficient (Wildman–Crippen LogP) is 11.4. The molecule has 3 fully saturated rings. The minimum absolute atomic E-state index is 0.234. The number of hydrogen-bond donors (Lipinski definition) is 12. The zero-order valence-electron chi connectivity index (χ0n) is 59.1. The molecule has 12 N–H and O–H groups in total. The van der Waals surface area contributed by atoms with E-state index in [2.05, 4.69) is 92.1 Å². The number of amides is 1. The van der Waals surface area contributed by atoms with Gasteiger partial charge in [-0.05, 0) is 77.0 Å². The highest BCUT2D eigenvalue weighted by atomic mass is 16.8. The first kappa shape index (κ1) is 87.2. The summed E-state index contributed by atoms with van der Waals surface area (Å²) in [6.07, 6.45) is 48.6. The summed E-state index contributed by atoms with van der Waals surface area (Å²) in [7, 11) is 0. The lowest BCUT2D eigenvalue weighted by Crippen LogP contribution is -2.66. The monoisotopic (exact) mass is 1360 g/mol. The predicted molar refractivity (Wildman–Crippen MR) is 378 cm³/mol. The number of aliphatic hydroxyl groups excluding tert-OH is 11. The highest BCUT2D eigenvalue weighted by Crippen LogP contribution is 2.33. The van der Waals surface area contributed by atoms with Crippen LogP contribution in [0.3, 0.4) is 0 Å². The summed E-state index contributed by atoms with van der Waals surface area (Å²) in [5, 5.41) is 121. The lowest BCUT2D eigenvalue weighted by atomic mass is 9.96. The van der Waals surface area contributed by atoms with Crippen LogP contribution in [0.5, 0.6) is 0 Å². The van der Waals surface area contributed by atoms with Crippen LogP contribution in [0.25, 0.3) is 0 Å². The first-order valence-corrected chi connectivity index (χ1v) is 37.8. The highest BCUT2D eigenvalue weighted by molar-refractivity contribution is 5.76. The second-order valence-electron chi connectivity index (χ2n) is 26.7. The molecule has 19 nitrogen and oxygen atoms in total. The van der Waals surface area contributed by atoms with Gasteiger partial charge in [0, 0.05) is 6.42 Å². The molecule has 0 aromatic heterocycles. The minimum Gasteiger partial charge on any atom is -0.394 e. The van der Waals surface area contributed by atoms with Crippen molar-refractivity contribution in [1.82, 2.24) is 5.32 Å². The Morgan fingerprint density at radius 3 is 1.17 bits per heavy atom. The van der Waals surface area contributed by atoms with Gasteiger partial charge in [0.05, 0.1) is 38.6 Å². The minimum atomic E-state index is -1.98. The Morgan fingerprint density at radius 1 is 0.385 bits per heavy atom. The third-order valence-corrected chi connectivity index (χ3v) is 18.4. The first-order chi connectivity index (χ1) is 46.8. The molecule has 3 heterocycles. The van der Waals surface area contributed by atoms with Gasteiger partial charge in [-0.2, -0.15) is 0 Å². The van der Waals surface area contributed by atoms with Crippen molar-refractivity contribution in [3.63, 3.8) is 0 Å². The summed E-state index contributed by atoms with van der Waals surface area (Å²) in [5.41, 5.74) is 0. The van der Waals surface area contributed by atoms with Gasteiger partial charge in [0.25, 0.3) is 0 Å². The van der Waals surface area contributed by atoms with E-state index < -0.39 is 124 Å². The van der Waals surface area contributed by atoms with E-state index in [1.165, 1.54) is 161 Å². The normalized spacial score (nSPS) is 27.5. The first-order valence-electron chi connectivity index (χ1n) is 37.8. The van der Waals surface area contributed by atoms with Gasteiger partial charge in [-0.15, -0.1) is 0 Å². The lowest BCUT2D eigenvalue weighted by molar-refractivity contribution is -0.379. The van der Waals surface area contributed by atoms with Gasteiger partial charge in [0.2, 0.25) is 5.91 Å². The third-order valence-electron chi connectivity index (χ3n) is 18.4. The van der Waals surface area contributed by atoms with Crippen molar-refractivity contribution in [1.29, 1.82) is 0 Å². The van der Waals surface area contributed by atoms with Crippen molar-refractivity contribution in [3.8, 4) is 0 Å². The Morgan fingerprint density at radius 2 is 0.729 bits per heavy atom. The number of nitrogens with one attached hydrogen (secondary N) is 1. The second kappa shape index (κ2) is 57.6. The molecule has 3 saturated heterocycles. The maximum Gasteiger partial charge on any atom is 0.220 e. The van der Waals surface area contributed by atoms with Gasteiger partial charge >= 0.3 is 0 Å². The molecule has 0 bridgehead atoms. The van der Waals surface area contributed by atoms with Crippen LogP contribution in [-0.2, 0) is 33.2 Å². The summed E-state index contributed by atoms with van der Waals surface area (Å²) in [6.45, 7) is 1.61. The van der Waals surface area contributed by atoms with Gasteiger partial charge in [0.1, 0.15) is 73.2 Å². The molecule has 556 valence electrons. The topological polar surface area (TPSA) is 307 Å². The standard InChI is InChI=1S/C77H135NO18/c1-3-5-7-9-11-13-15-17-19-21-22-23-24-25-26-27-28-29-30-31-32-33-34-35-36-37-38-39-41-43-45-47-49-51-53-55-65(83)78-60(61(82)54-52-50-48-46-44-42-40-20-18-16-14-12-10-8-6-4-2)59-91-75-71(89)68(86)73(63(57-80)93-75)96-77-72(90)69(87)74(64(58-81)94-77)95-76-70(88)67(85)66(84)62(56-79)92-76/h5,7,11,13,17,19,22-23,25-26,44,46,52,54,60-64,66-77,79-82,84-90H,3-4,6,8-10,12,14-16,18,20-21,24,27-43,45,47-51,53,55-59H2,1-2H3,(H,78,83)/b7-5-,13-11-,19-17-,23-22-,26-25-,46-44+,54-52+. The smallest absolute Gasteiger partial charge is 0.220 e. The molecule has 0 aromatic rings. The van der Waals surface area contributed by atoms with Gasteiger partial charge < -0.3 is 89.9 Å². The zero-order valence-corrected chi connectivity index (χ0v) is 59.1. The molecule has 0 saturated carbocycles. The van der Waals surface area contributed by atoms with Gasteiger partial charge in [-0.25, -0.2) is 0 Å². The fourth-order valence-corrected chi connectivity index (χ4v) is 12.4. The molecule has 17 atom stereocenters. The molecule has 17 unspecified atom stereocenters. The van der Waals surface area contributed by atoms with Crippen molar-refractivity contribution in [2.75, 3.05) is 26.4 Å². The van der Waals surface area contributed by atoms with Crippen LogP contribution in [0.1, 0.15) is 264 Å². The van der Waals surface area contributed by atoms with Crippen LogP contribution in [0.15, 0.2) is 85.1 Å². The number of unbranched alkanes of at least 4 members (excludes halogenated alkanes) is 30. The Balaban J connectivity index is 1.35. The van der Waals surface area contributed by atoms with E-state index in [1.807, 2.05) is 6.08 Å². The molecular formula is C77H135NO18. The van der Waals surface area contributed by atoms with Crippen molar-refractivity contribution < 1.29 is 89.4 Å². The molecule has 0 radical (unpaired) electrons. The van der Waals surface area contributed by atoms with Crippen LogP contribution < -0.4 is 5.32 Å². The van der Waals surface area contributed by atoms with E-state index in [0.717, 1.165) is 70.6 Å². The maximum absolute atomic E-state index is 13.4. The van der Waals surface area contributed by atoms with Crippen LogP contribution >= 0.6 is 0 Å². The molecule has 96 heavy (non-hydrogen) atoms. The second-order valence-corrected chi connectivity index (χ2v) is 26.7. The van der Waals surface area contributed by atoms with Crippen molar-refractivity contribution in [2.45, 2.75) is 369 Å². The number of allylic oxidation sites excluding steroid dienone is 13.